The van der Waals surface area contributed by atoms with E-state index in [2.05, 4.69) is 18.1 Å². The lowest BCUT2D eigenvalue weighted by atomic mass is 10.1. The number of para-hydroxylation sites is 1. The zero-order valence-corrected chi connectivity index (χ0v) is 17.4. The van der Waals surface area contributed by atoms with Crippen LogP contribution >= 0.6 is 11.3 Å². The van der Waals surface area contributed by atoms with Crippen molar-refractivity contribution in [2.24, 2.45) is 0 Å². The molecule has 2 aromatic carbocycles. The van der Waals surface area contributed by atoms with Gasteiger partial charge in [0.1, 0.15) is 5.75 Å². The molecule has 1 N–H and O–H groups in total. The number of aromatic nitrogens is 3. The molecule has 0 amide bonds. The van der Waals surface area contributed by atoms with Gasteiger partial charge in [0.25, 0.3) is 0 Å². The molecular weight excluding hydrogens is 394 g/mol. The highest BCUT2D eigenvalue weighted by atomic mass is 32.1. The first-order valence-corrected chi connectivity index (χ1v) is 10.4. The number of carbonyl (C=O) groups is 1. The molecule has 5 rings (SSSR count). The number of benzene rings is 2. The number of ether oxygens (including phenoxy) is 1. The third-order valence-electron chi connectivity index (χ3n) is 5.09. The molecule has 0 aliphatic heterocycles. The molecule has 5 aromatic rings. The van der Waals surface area contributed by atoms with Crippen molar-refractivity contribution in [3.05, 3.63) is 83.1 Å². The van der Waals surface area contributed by atoms with Crippen LogP contribution in [0.1, 0.15) is 20.9 Å². The van der Waals surface area contributed by atoms with E-state index in [0.29, 0.717) is 5.56 Å². The molecule has 0 unspecified atom stereocenters. The Morgan fingerprint density at radius 1 is 1.17 bits per heavy atom. The van der Waals surface area contributed by atoms with Crippen molar-refractivity contribution in [2.45, 2.75) is 6.92 Å². The fourth-order valence-corrected chi connectivity index (χ4v) is 4.45. The average molecular weight is 414 g/mol. The number of H-pyrrole nitrogens is 1. The number of aromatic amines is 1. The third kappa shape index (κ3) is 3.11. The molecule has 0 aliphatic carbocycles. The molecule has 6 heteroatoms. The van der Waals surface area contributed by atoms with Crippen LogP contribution in [-0.4, -0.2) is 27.3 Å². The Bertz CT molecular complexity index is 1400. The number of allylic oxidation sites excluding steroid dienone is 1. The van der Waals surface area contributed by atoms with Gasteiger partial charge in [-0.1, -0.05) is 18.2 Å². The van der Waals surface area contributed by atoms with Gasteiger partial charge in [-0.05, 0) is 49.4 Å². The molecule has 30 heavy (non-hydrogen) atoms. The number of nitrogens with zero attached hydrogens (tertiary/aromatic N) is 2. The van der Waals surface area contributed by atoms with E-state index in [9.17, 15) is 4.79 Å². The van der Waals surface area contributed by atoms with Gasteiger partial charge in [0.05, 0.1) is 18.5 Å². The maximum atomic E-state index is 12.9. The molecule has 0 saturated heterocycles. The summed E-state index contributed by atoms with van der Waals surface area (Å²) in [5, 5.41) is 0.923. The average Bonchev–Trinajstić information content (AvgIpc) is 3.44. The molecule has 0 atom stereocenters. The molecular formula is C24H19N3O2S. The Labute approximate surface area is 177 Å². The summed E-state index contributed by atoms with van der Waals surface area (Å²) in [6.45, 7) is 2.05. The van der Waals surface area contributed by atoms with Crippen LogP contribution in [0.2, 0.25) is 0 Å². The first-order chi connectivity index (χ1) is 14.6. The van der Waals surface area contributed by atoms with E-state index in [0.717, 1.165) is 43.4 Å². The molecule has 3 aromatic heterocycles. The fourth-order valence-electron chi connectivity index (χ4n) is 3.61. The zero-order chi connectivity index (χ0) is 20.7. The topological polar surface area (TPSA) is 59.4 Å². The summed E-state index contributed by atoms with van der Waals surface area (Å²) in [5.74, 6) is 0.747. The summed E-state index contributed by atoms with van der Waals surface area (Å²) in [6, 6.07) is 15.6. The molecule has 0 spiro atoms. The Kier molecular flexibility index (Phi) is 4.48. The lowest BCUT2D eigenvalue weighted by Gasteiger charge is -2.03. The first-order valence-electron chi connectivity index (χ1n) is 9.55. The van der Waals surface area contributed by atoms with Crippen LogP contribution in [-0.2, 0) is 0 Å². The van der Waals surface area contributed by atoms with Gasteiger partial charge in [-0.25, -0.2) is 4.98 Å². The highest BCUT2D eigenvalue weighted by Gasteiger charge is 2.15. The van der Waals surface area contributed by atoms with Crippen molar-refractivity contribution < 1.29 is 9.53 Å². The first kappa shape index (κ1) is 18.4. The van der Waals surface area contributed by atoms with Gasteiger partial charge < -0.3 is 9.72 Å². The number of nitrogens with one attached hydrogen (secondary N) is 1. The van der Waals surface area contributed by atoms with Gasteiger partial charge in [-0.3, -0.25) is 9.20 Å². The number of rotatable bonds is 5. The second-order valence-electron chi connectivity index (χ2n) is 7.01. The monoisotopic (exact) mass is 413 g/mol. The third-order valence-corrected chi connectivity index (χ3v) is 5.99. The van der Waals surface area contributed by atoms with Gasteiger partial charge in [0, 0.05) is 39.3 Å². The summed E-state index contributed by atoms with van der Waals surface area (Å²) in [5.41, 5.74) is 4.31. The minimum absolute atomic E-state index is 0.0463. The summed E-state index contributed by atoms with van der Waals surface area (Å²) >= 11 is 1.63. The van der Waals surface area contributed by atoms with Crippen LogP contribution < -0.4 is 4.74 Å². The Morgan fingerprint density at radius 2 is 1.97 bits per heavy atom. The number of imidazole rings is 1. The lowest BCUT2D eigenvalue weighted by molar-refractivity contribution is 0.104. The molecule has 0 fully saturated rings. The summed E-state index contributed by atoms with van der Waals surface area (Å²) < 4.78 is 7.31. The zero-order valence-electron chi connectivity index (χ0n) is 16.5. The number of hydrogen-bond acceptors (Lipinski definition) is 4. The Hall–Kier alpha value is -3.64. The van der Waals surface area contributed by atoms with Crippen LogP contribution in [0.3, 0.4) is 0 Å². The van der Waals surface area contributed by atoms with Crippen molar-refractivity contribution >= 4 is 39.1 Å². The maximum absolute atomic E-state index is 12.9. The quantitative estimate of drug-likeness (QED) is 0.294. The standard InChI is InChI=1S/C24H19N3O2S/c1-15-14-27-21(11-12-22(28)19-13-25-20-6-4-3-5-18(19)20)23(26-24(27)30-15)16-7-9-17(29-2)10-8-16/h3-14,25H,1-2H3. The van der Waals surface area contributed by atoms with Crippen LogP contribution in [0.15, 0.2) is 67.0 Å². The highest BCUT2D eigenvalue weighted by Crippen LogP contribution is 2.30. The predicted octanol–water partition coefficient (Wildman–Crippen LogP) is 5.76. The van der Waals surface area contributed by atoms with Gasteiger partial charge >= 0.3 is 0 Å². The van der Waals surface area contributed by atoms with Crippen molar-refractivity contribution in [1.82, 2.24) is 14.4 Å². The van der Waals surface area contributed by atoms with Crippen LogP contribution in [0, 0.1) is 6.92 Å². The van der Waals surface area contributed by atoms with Gasteiger partial charge in [-0.2, -0.15) is 0 Å². The van der Waals surface area contributed by atoms with E-state index in [1.165, 1.54) is 0 Å². The van der Waals surface area contributed by atoms with Gasteiger partial charge in [0.2, 0.25) is 0 Å². The van der Waals surface area contributed by atoms with E-state index in [1.54, 1.807) is 30.7 Å². The summed E-state index contributed by atoms with van der Waals surface area (Å²) in [4.78, 5) is 23.0. The number of fused-ring (bicyclic) bond motifs is 2. The van der Waals surface area contributed by atoms with Gasteiger partial charge in [0.15, 0.2) is 10.7 Å². The van der Waals surface area contributed by atoms with Gasteiger partial charge in [-0.15, -0.1) is 11.3 Å². The van der Waals surface area contributed by atoms with Crippen LogP contribution in [0.4, 0.5) is 0 Å². The molecule has 0 aliphatic rings. The molecule has 0 bridgehead atoms. The van der Waals surface area contributed by atoms with E-state index < -0.39 is 0 Å². The number of ketones is 1. The van der Waals surface area contributed by atoms with E-state index in [1.807, 2.05) is 59.0 Å². The van der Waals surface area contributed by atoms with E-state index >= 15 is 0 Å². The second kappa shape index (κ2) is 7.31. The van der Waals surface area contributed by atoms with E-state index in [4.69, 9.17) is 9.72 Å². The normalized spacial score (nSPS) is 11.7. The predicted molar refractivity (Wildman–Crippen MR) is 121 cm³/mol. The number of methoxy groups -OCH3 is 1. The SMILES string of the molecule is COc1ccc(-c2nc3sc(C)cn3c2C=CC(=O)c2c[nH]c3ccccc23)cc1. The number of thiazole rings is 1. The lowest BCUT2D eigenvalue weighted by Crippen LogP contribution is -1.93. The Morgan fingerprint density at radius 3 is 2.77 bits per heavy atom. The molecule has 148 valence electrons. The second-order valence-corrected chi connectivity index (χ2v) is 8.23. The largest absolute Gasteiger partial charge is 0.497 e. The number of hydrogen-bond donors (Lipinski definition) is 1. The van der Waals surface area contributed by atoms with Crippen LogP contribution in [0.5, 0.6) is 5.75 Å². The molecule has 0 saturated carbocycles. The fraction of sp³-hybridized carbons (Fsp3) is 0.0833. The van der Waals surface area contributed by atoms with Crippen molar-refractivity contribution in [1.29, 1.82) is 0 Å². The van der Waals surface area contributed by atoms with E-state index in [-0.39, 0.29) is 5.78 Å². The molecule has 0 radical (unpaired) electrons. The van der Waals surface area contributed by atoms with Crippen molar-refractivity contribution in [2.75, 3.05) is 7.11 Å². The number of aryl methyl sites for hydroxylation is 1. The minimum atomic E-state index is -0.0463. The number of carbonyl (C=O) groups excluding carboxylic acids is 1. The molecule has 5 nitrogen and oxygen atoms in total. The highest BCUT2D eigenvalue weighted by molar-refractivity contribution is 7.17. The molecule has 3 heterocycles. The smallest absolute Gasteiger partial charge is 0.194 e. The van der Waals surface area contributed by atoms with Crippen LogP contribution in [0.25, 0.3) is 33.2 Å². The maximum Gasteiger partial charge on any atom is 0.194 e. The summed E-state index contributed by atoms with van der Waals surface area (Å²) in [6.07, 6.45) is 7.30. The Balaban J connectivity index is 1.57. The minimum Gasteiger partial charge on any atom is -0.497 e. The van der Waals surface area contributed by atoms with Crippen molar-refractivity contribution in [3.63, 3.8) is 0 Å². The van der Waals surface area contributed by atoms with Crippen molar-refractivity contribution in [3.8, 4) is 17.0 Å². The summed E-state index contributed by atoms with van der Waals surface area (Å²) in [7, 11) is 1.65.